The predicted molar refractivity (Wildman–Crippen MR) is 82.9 cm³/mol. The molecule has 5 nitrogen and oxygen atoms in total. The second kappa shape index (κ2) is 8.37. The summed E-state index contributed by atoms with van der Waals surface area (Å²) in [5.74, 6) is 1.21. The van der Waals surface area contributed by atoms with Gasteiger partial charge in [0, 0.05) is 32.6 Å². The largest absolute Gasteiger partial charge is 0.355 e. The van der Waals surface area contributed by atoms with Crippen molar-refractivity contribution in [1.82, 2.24) is 15.1 Å². The monoisotopic (exact) mass is 295 g/mol. The Hall–Kier alpha value is -1.10. The maximum absolute atomic E-state index is 12.0. The maximum Gasteiger partial charge on any atom is 0.234 e. The average molecular weight is 295 g/mol. The third-order valence-corrected chi connectivity index (χ3v) is 4.22. The molecule has 2 rings (SSSR count). The van der Waals surface area contributed by atoms with E-state index in [0.29, 0.717) is 19.5 Å². The van der Waals surface area contributed by atoms with Crippen LogP contribution in [0.2, 0.25) is 0 Å². The van der Waals surface area contributed by atoms with E-state index < -0.39 is 0 Å². The van der Waals surface area contributed by atoms with Gasteiger partial charge in [0.25, 0.3) is 0 Å². The van der Waals surface area contributed by atoms with Crippen LogP contribution in [0, 0.1) is 5.92 Å². The van der Waals surface area contributed by atoms with Crippen molar-refractivity contribution in [2.45, 2.75) is 45.4 Å². The predicted octanol–water partition coefficient (Wildman–Crippen LogP) is 1.24. The van der Waals surface area contributed by atoms with E-state index in [1.165, 1.54) is 12.8 Å². The lowest BCUT2D eigenvalue weighted by molar-refractivity contribution is -0.127. The Morgan fingerprint density at radius 3 is 2.86 bits per heavy atom. The highest BCUT2D eigenvalue weighted by atomic mass is 16.2. The molecule has 0 unspecified atom stereocenters. The Balaban J connectivity index is 1.56. The SMILES string of the molecule is CCCN(CC(=O)NCCCN1CCCC1=O)CC1CC1. The zero-order valence-electron chi connectivity index (χ0n) is 13.3. The number of likely N-dealkylation sites (tertiary alicyclic amines) is 1. The highest BCUT2D eigenvalue weighted by Gasteiger charge is 2.24. The molecule has 0 atom stereocenters. The van der Waals surface area contributed by atoms with Gasteiger partial charge >= 0.3 is 0 Å². The lowest BCUT2D eigenvalue weighted by Crippen LogP contribution is -2.39. The first-order valence-electron chi connectivity index (χ1n) is 8.46. The van der Waals surface area contributed by atoms with Gasteiger partial charge in [-0.3, -0.25) is 14.5 Å². The van der Waals surface area contributed by atoms with Crippen LogP contribution in [0.3, 0.4) is 0 Å². The molecule has 1 aliphatic heterocycles. The topological polar surface area (TPSA) is 52.7 Å². The van der Waals surface area contributed by atoms with Crippen LogP contribution in [-0.2, 0) is 9.59 Å². The molecule has 2 aliphatic rings. The van der Waals surface area contributed by atoms with Crippen molar-refractivity contribution in [3.8, 4) is 0 Å². The molecule has 2 amide bonds. The summed E-state index contributed by atoms with van der Waals surface area (Å²) in [5, 5.41) is 2.99. The fourth-order valence-electron chi connectivity index (χ4n) is 2.91. The van der Waals surface area contributed by atoms with Gasteiger partial charge in [-0.1, -0.05) is 6.92 Å². The molecule has 0 radical (unpaired) electrons. The molecule has 0 aromatic carbocycles. The lowest BCUT2D eigenvalue weighted by atomic mass is 10.3. The van der Waals surface area contributed by atoms with Crippen molar-refractivity contribution in [3.63, 3.8) is 0 Å². The molecule has 5 heteroatoms. The summed E-state index contributed by atoms with van der Waals surface area (Å²) in [6.07, 6.45) is 6.28. The fourth-order valence-corrected chi connectivity index (χ4v) is 2.91. The Bertz CT molecular complexity index is 355. The number of carbonyl (C=O) groups is 2. The number of rotatable bonds is 10. The van der Waals surface area contributed by atoms with E-state index in [1.807, 2.05) is 4.90 Å². The second-order valence-corrected chi connectivity index (χ2v) is 6.37. The van der Waals surface area contributed by atoms with E-state index in [1.54, 1.807) is 0 Å². The zero-order chi connectivity index (χ0) is 15.1. The third kappa shape index (κ3) is 6.04. The zero-order valence-corrected chi connectivity index (χ0v) is 13.3. The second-order valence-electron chi connectivity index (χ2n) is 6.37. The molecule has 0 aromatic rings. The molecule has 0 bridgehead atoms. The van der Waals surface area contributed by atoms with Crippen molar-refractivity contribution in [1.29, 1.82) is 0 Å². The van der Waals surface area contributed by atoms with Crippen LogP contribution in [0.1, 0.15) is 45.4 Å². The number of hydrogen-bond acceptors (Lipinski definition) is 3. The summed E-state index contributed by atoms with van der Waals surface area (Å²) < 4.78 is 0. The third-order valence-electron chi connectivity index (χ3n) is 4.22. The molecule has 1 saturated heterocycles. The number of nitrogens with one attached hydrogen (secondary N) is 1. The van der Waals surface area contributed by atoms with Crippen molar-refractivity contribution in [3.05, 3.63) is 0 Å². The van der Waals surface area contributed by atoms with Crippen molar-refractivity contribution < 1.29 is 9.59 Å². The first-order chi connectivity index (χ1) is 10.2. The fraction of sp³-hybridized carbons (Fsp3) is 0.875. The van der Waals surface area contributed by atoms with Gasteiger partial charge in [0.2, 0.25) is 11.8 Å². The Morgan fingerprint density at radius 1 is 1.43 bits per heavy atom. The van der Waals surface area contributed by atoms with Crippen LogP contribution in [-0.4, -0.2) is 60.9 Å². The van der Waals surface area contributed by atoms with Gasteiger partial charge in [-0.25, -0.2) is 0 Å². The number of nitrogens with zero attached hydrogens (tertiary/aromatic N) is 2. The summed E-state index contributed by atoms with van der Waals surface area (Å²) in [7, 11) is 0. The van der Waals surface area contributed by atoms with Crippen LogP contribution >= 0.6 is 0 Å². The Kier molecular flexibility index (Phi) is 6.49. The number of carbonyl (C=O) groups excluding carboxylic acids is 2. The van der Waals surface area contributed by atoms with Crippen molar-refractivity contribution in [2.75, 3.05) is 39.3 Å². The Labute approximate surface area is 128 Å². The van der Waals surface area contributed by atoms with Crippen molar-refractivity contribution in [2.24, 2.45) is 5.92 Å². The van der Waals surface area contributed by atoms with Gasteiger partial charge < -0.3 is 10.2 Å². The van der Waals surface area contributed by atoms with Gasteiger partial charge in [-0.2, -0.15) is 0 Å². The minimum absolute atomic E-state index is 0.122. The summed E-state index contributed by atoms with van der Waals surface area (Å²) in [4.78, 5) is 27.6. The van der Waals surface area contributed by atoms with E-state index in [-0.39, 0.29) is 11.8 Å². The molecule has 2 fully saturated rings. The molecule has 1 aliphatic carbocycles. The smallest absolute Gasteiger partial charge is 0.234 e. The maximum atomic E-state index is 12.0. The van der Waals surface area contributed by atoms with Crippen LogP contribution < -0.4 is 5.32 Å². The highest BCUT2D eigenvalue weighted by molar-refractivity contribution is 5.78. The summed E-state index contributed by atoms with van der Waals surface area (Å²) in [6.45, 7) is 7.10. The van der Waals surface area contributed by atoms with E-state index in [9.17, 15) is 9.59 Å². The van der Waals surface area contributed by atoms with Crippen LogP contribution in [0.4, 0.5) is 0 Å². The lowest BCUT2D eigenvalue weighted by Gasteiger charge is -2.21. The average Bonchev–Trinajstić information content (AvgIpc) is 3.16. The van der Waals surface area contributed by atoms with E-state index in [4.69, 9.17) is 0 Å². The molecule has 1 heterocycles. The summed E-state index contributed by atoms with van der Waals surface area (Å²) in [5.41, 5.74) is 0. The highest BCUT2D eigenvalue weighted by Crippen LogP contribution is 2.29. The van der Waals surface area contributed by atoms with Gasteiger partial charge in [-0.05, 0) is 44.6 Å². The molecular weight excluding hydrogens is 266 g/mol. The molecular formula is C16H29N3O2. The minimum Gasteiger partial charge on any atom is -0.355 e. The van der Waals surface area contributed by atoms with Gasteiger partial charge in [0.1, 0.15) is 0 Å². The van der Waals surface area contributed by atoms with Gasteiger partial charge in [-0.15, -0.1) is 0 Å². The first kappa shape index (κ1) is 16.3. The molecule has 1 saturated carbocycles. The number of amides is 2. The van der Waals surface area contributed by atoms with E-state index in [0.717, 1.165) is 51.4 Å². The van der Waals surface area contributed by atoms with Gasteiger partial charge in [0.05, 0.1) is 6.54 Å². The quantitative estimate of drug-likeness (QED) is 0.617. The summed E-state index contributed by atoms with van der Waals surface area (Å²) in [6, 6.07) is 0. The standard InChI is InChI=1S/C16H29N3O2/c1-2-9-18(12-14-6-7-14)13-15(20)17-8-4-11-19-10-3-5-16(19)21/h14H,2-13H2,1H3,(H,17,20). The first-order valence-corrected chi connectivity index (χ1v) is 8.46. The Morgan fingerprint density at radius 2 is 2.24 bits per heavy atom. The molecule has 120 valence electrons. The number of hydrogen-bond donors (Lipinski definition) is 1. The molecule has 21 heavy (non-hydrogen) atoms. The van der Waals surface area contributed by atoms with E-state index in [2.05, 4.69) is 17.1 Å². The normalized spacial score (nSPS) is 18.6. The van der Waals surface area contributed by atoms with Gasteiger partial charge in [0.15, 0.2) is 0 Å². The minimum atomic E-state index is 0.122. The van der Waals surface area contributed by atoms with Crippen LogP contribution in [0.25, 0.3) is 0 Å². The summed E-state index contributed by atoms with van der Waals surface area (Å²) >= 11 is 0. The van der Waals surface area contributed by atoms with E-state index >= 15 is 0 Å². The van der Waals surface area contributed by atoms with Crippen LogP contribution in [0.15, 0.2) is 0 Å². The molecule has 0 spiro atoms. The van der Waals surface area contributed by atoms with Crippen LogP contribution in [0.5, 0.6) is 0 Å². The van der Waals surface area contributed by atoms with Crippen molar-refractivity contribution >= 4 is 11.8 Å². The molecule has 0 aromatic heterocycles. The molecule has 1 N–H and O–H groups in total.